The topological polar surface area (TPSA) is 122 Å². The Labute approximate surface area is 490 Å². The van der Waals surface area contributed by atoms with Crippen molar-refractivity contribution in [1.29, 1.82) is 0 Å². The predicted molar refractivity (Wildman–Crippen MR) is 240 cm³/mol. The molecule has 0 unspecified atom stereocenters. The van der Waals surface area contributed by atoms with Gasteiger partial charge in [0.2, 0.25) is 0 Å². The minimum Gasteiger partial charge on any atom is -1.00 e. The molecular formula is C48H54Cs2O8S3. The third kappa shape index (κ3) is 29.3. The van der Waals surface area contributed by atoms with Crippen LogP contribution >= 0.6 is 23.5 Å². The smallest absolute Gasteiger partial charge is 1.00 e. The molecule has 0 aliphatic rings. The maximum atomic E-state index is 10.8. The Balaban J connectivity index is 0.000000879. The van der Waals surface area contributed by atoms with Crippen LogP contribution in [0.25, 0.3) is 0 Å². The van der Waals surface area contributed by atoms with Crippen molar-refractivity contribution in [3.05, 3.63) is 192 Å². The van der Waals surface area contributed by atoms with Gasteiger partial charge in [-0.3, -0.25) is 8.98 Å². The molecule has 0 saturated heterocycles. The second-order valence-corrected chi connectivity index (χ2v) is 17.3. The Morgan fingerprint density at radius 1 is 0.590 bits per heavy atom. The van der Waals surface area contributed by atoms with Gasteiger partial charge in [-0.1, -0.05) is 135 Å². The summed E-state index contributed by atoms with van der Waals surface area (Å²) in [6.07, 6.45) is 2.95. The molecule has 13 heteroatoms. The van der Waals surface area contributed by atoms with Crippen molar-refractivity contribution in [2.24, 2.45) is 11.8 Å². The zero-order chi connectivity index (χ0) is 42.6. The molecule has 0 radical (unpaired) electrons. The van der Waals surface area contributed by atoms with E-state index in [1.165, 1.54) is 32.0 Å². The number of benzene rings is 6. The molecule has 0 saturated carbocycles. The van der Waals surface area contributed by atoms with Gasteiger partial charge in [0.05, 0.1) is 19.5 Å². The summed E-state index contributed by atoms with van der Waals surface area (Å²) in [4.78, 5) is 13.7. The molecule has 0 aliphatic carbocycles. The average Bonchev–Trinajstić information content (AvgIpc) is 3.26. The first-order valence-corrected chi connectivity index (χ1v) is 22.8. The number of rotatable bonds is 17. The molecule has 0 fully saturated rings. The first kappa shape index (κ1) is 58.1. The van der Waals surface area contributed by atoms with E-state index in [4.69, 9.17) is 24.1 Å². The summed E-state index contributed by atoms with van der Waals surface area (Å²) in [5.41, 5.74) is 5.23. The molecule has 6 rings (SSSR count). The Hall–Kier alpha value is -0.936. The number of hydrogen-bond acceptors (Lipinski definition) is 10. The fraction of sp³-hybridized carbons (Fsp3) is 0.229. The fourth-order valence-electron chi connectivity index (χ4n) is 5.29. The number of carbonyl (C=O) groups excluding carboxylic acids is 1. The Bertz CT molecular complexity index is 2090. The molecule has 0 bridgehead atoms. The largest absolute Gasteiger partial charge is 1.00 e. The molecule has 0 aliphatic heterocycles. The molecule has 0 heterocycles. The minimum absolute atomic E-state index is 0. The minimum atomic E-state index is -3.31. The fourth-order valence-corrected chi connectivity index (χ4v) is 7.47. The van der Waals surface area contributed by atoms with Crippen molar-refractivity contribution in [1.82, 2.24) is 0 Å². The average molecular weight is 1120 g/mol. The van der Waals surface area contributed by atoms with Gasteiger partial charge in [-0.15, -0.1) is 23.5 Å². The molecule has 6 aromatic rings. The van der Waals surface area contributed by atoms with Crippen LogP contribution in [0.4, 0.5) is 0 Å². The number of aromatic hydroxyl groups is 1. The van der Waals surface area contributed by atoms with Crippen LogP contribution < -0.4 is 148 Å². The summed E-state index contributed by atoms with van der Waals surface area (Å²) >= 11 is 3.62. The zero-order valence-electron chi connectivity index (χ0n) is 36.7. The molecule has 61 heavy (non-hydrogen) atoms. The van der Waals surface area contributed by atoms with Crippen molar-refractivity contribution >= 4 is 40.1 Å². The zero-order valence-corrected chi connectivity index (χ0v) is 50.7. The Morgan fingerprint density at radius 3 is 1.30 bits per heavy atom. The first-order chi connectivity index (χ1) is 28.5. The van der Waals surface area contributed by atoms with Crippen LogP contribution in [0.2, 0.25) is 0 Å². The van der Waals surface area contributed by atoms with Crippen molar-refractivity contribution in [3.63, 3.8) is 0 Å². The molecule has 0 amide bonds. The summed E-state index contributed by atoms with van der Waals surface area (Å²) in [6.45, 7) is 5.01. The normalized spacial score (nSPS) is 11.1. The van der Waals surface area contributed by atoms with Gasteiger partial charge in [0, 0.05) is 21.3 Å². The Kier molecular flexibility index (Phi) is 33.6. The number of thioether (sulfide) groups is 2. The summed E-state index contributed by atoms with van der Waals surface area (Å²) < 4.78 is 32.2. The number of phenolic OH excluding ortho intramolecular Hbond substituents is 1. The molecule has 0 spiro atoms. The van der Waals surface area contributed by atoms with Crippen LogP contribution in [-0.4, -0.2) is 39.5 Å². The second kappa shape index (κ2) is 35.3. The molecule has 1 N–H and O–H groups in total. The summed E-state index contributed by atoms with van der Waals surface area (Å²) in [6, 6.07) is 57.2. The number of hydrogen-bond donors (Lipinski definition) is 1. The number of phenols is 1. The van der Waals surface area contributed by atoms with Gasteiger partial charge in [-0.2, -0.15) is 8.42 Å². The van der Waals surface area contributed by atoms with Crippen LogP contribution in [0, 0.1) is 11.8 Å². The van der Waals surface area contributed by atoms with E-state index in [0.29, 0.717) is 11.7 Å². The van der Waals surface area contributed by atoms with E-state index in [-0.39, 0.29) is 158 Å². The van der Waals surface area contributed by atoms with Crippen molar-refractivity contribution in [2.75, 3.05) is 19.5 Å². The third-order valence-electron chi connectivity index (χ3n) is 8.15. The van der Waals surface area contributed by atoms with Crippen LogP contribution in [0.15, 0.2) is 180 Å². The summed E-state index contributed by atoms with van der Waals surface area (Å²) in [5.74, 6) is 3.92. The third-order valence-corrected chi connectivity index (χ3v) is 10.9. The van der Waals surface area contributed by atoms with Gasteiger partial charge < -0.3 is 21.4 Å². The van der Waals surface area contributed by atoms with Gasteiger partial charge >= 0.3 is 138 Å². The molecular weight excluding hydrogens is 1070 g/mol. The first-order valence-electron chi connectivity index (χ1n) is 19.0. The number of carbonyl (C=O) groups is 1. The Morgan fingerprint density at radius 2 is 0.934 bits per heavy atom. The van der Waals surface area contributed by atoms with Crippen LogP contribution in [-0.2, 0) is 48.3 Å². The van der Waals surface area contributed by atoms with E-state index in [1.54, 1.807) is 23.9 Å². The van der Waals surface area contributed by atoms with Crippen molar-refractivity contribution in [2.45, 2.75) is 48.0 Å². The summed E-state index contributed by atoms with van der Waals surface area (Å²) in [7, 11) is -3.31. The molecule has 0 aromatic heterocycles. The standard InChI is InChI=1S/C23H24OS.C13H12OS.C11H16O3S.CH2O3.2Cs.H/c1-19(16-20-8-4-2-5-9-20)17-24-22-12-14-23(15-13-22)25-18-21-10-6-3-7-11-21;14-12-6-8-13(9-7-12)15-10-11-4-2-1-3-5-11;1-10(9-14-15(2,12)13)8-11-6-4-3-5-7-11;2-1-4-3;;;/h2-15,19H,16-18H2,1H3;1-9,14H,10H2;3-7,10H,8-9H2,1-2H3;1,3H;;;/q;;;;2*+1;-1/p-1/t19-;;10-;;;;/m0.0..../s1. The van der Waals surface area contributed by atoms with Crippen LogP contribution in [0.1, 0.15) is 37.5 Å². The van der Waals surface area contributed by atoms with E-state index >= 15 is 0 Å². The van der Waals surface area contributed by atoms with Crippen molar-refractivity contribution in [3.8, 4) is 11.5 Å². The molecule has 8 nitrogen and oxygen atoms in total. The van der Waals surface area contributed by atoms with Gasteiger partial charge in [0.1, 0.15) is 11.5 Å². The van der Waals surface area contributed by atoms with E-state index in [1.807, 2.05) is 79.3 Å². The van der Waals surface area contributed by atoms with Crippen molar-refractivity contribution < 1.29 is 177 Å². The van der Waals surface area contributed by atoms with Gasteiger partial charge in [-0.25, -0.2) is 0 Å². The quantitative estimate of drug-likeness (QED) is 0.0466. The molecule has 6 aromatic carbocycles. The van der Waals surface area contributed by atoms with Gasteiger partial charge in [0.25, 0.3) is 16.6 Å². The number of ether oxygens (including phenoxy) is 1. The monoisotopic (exact) mass is 1120 g/mol. The van der Waals surface area contributed by atoms with Crippen LogP contribution in [0.5, 0.6) is 11.5 Å². The van der Waals surface area contributed by atoms with E-state index in [0.717, 1.165) is 43.0 Å². The van der Waals surface area contributed by atoms with E-state index in [2.05, 4.69) is 109 Å². The van der Waals surface area contributed by atoms with E-state index in [9.17, 15) is 8.42 Å². The molecule has 314 valence electrons. The van der Waals surface area contributed by atoms with Gasteiger partial charge in [0.15, 0.2) is 0 Å². The van der Waals surface area contributed by atoms with E-state index < -0.39 is 10.1 Å². The SMILES string of the molecule is C[C@H](COS(C)(=O)=O)Cc1ccccc1.C[C@H](COc1ccc(SCc2ccccc2)cc1)Cc1ccccc1.O=CO[O-].Oc1ccc(SCc2ccccc2)cc1.[Cs+].[Cs+].[H-]. The maximum absolute atomic E-state index is 10.8. The summed E-state index contributed by atoms with van der Waals surface area (Å²) in [5, 5.41) is 17.6. The maximum Gasteiger partial charge on any atom is 1.00 e. The molecule has 2 atom stereocenters. The predicted octanol–water partition coefficient (Wildman–Crippen LogP) is 4.32. The van der Waals surface area contributed by atoms with Crippen LogP contribution in [0.3, 0.4) is 0 Å². The van der Waals surface area contributed by atoms with Gasteiger partial charge in [-0.05, 0) is 95.5 Å². The second-order valence-electron chi connectivity index (χ2n) is 13.6.